The zero-order valence-corrected chi connectivity index (χ0v) is 13.9. The van der Waals surface area contributed by atoms with Gasteiger partial charge in [-0.1, -0.05) is 13.8 Å². The normalized spacial score (nSPS) is 24.2. The van der Waals surface area contributed by atoms with Gasteiger partial charge in [0.2, 0.25) is 0 Å². The standard InChI is InChI=1S/C14H30N2O2S/c1-13(2)6-7-16(8-9-19-13)14(3,11-15)10-12(17-4)18-5/h12H,6-11,15H2,1-5H3. The number of methoxy groups -OCH3 is 2. The van der Waals surface area contributed by atoms with Crippen molar-refractivity contribution in [1.29, 1.82) is 0 Å². The molecule has 0 bridgehead atoms. The fraction of sp³-hybridized carbons (Fsp3) is 1.00. The van der Waals surface area contributed by atoms with Crippen LogP contribution in [0.5, 0.6) is 0 Å². The number of ether oxygens (including phenoxy) is 2. The van der Waals surface area contributed by atoms with Crippen molar-refractivity contribution in [3.63, 3.8) is 0 Å². The van der Waals surface area contributed by atoms with Crippen LogP contribution in [0.2, 0.25) is 0 Å². The quantitative estimate of drug-likeness (QED) is 0.758. The van der Waals surface area contributed by atoms with Gasteiger partial charge in [0.25, 0.3) is 0 Å². The van der Waals surface area contributed by atoms with Gasteiger partial charge in [-0.3, -0.25) is 4.90 Å². The van der Waals surface area contributed by atoms with E-state index in [9.17, 15) is 0 Å². The van der Waals surface area contributed by atoms with Crippen molar-refractivity contribution in [3.8, 4) is 0 Å². The third-order valence-corrected chi connectivity index (χ3v) is 5.55. The Labute approximate surface area is 122 Å². The zero-order valence-electron chi connectivity index (χ0n) is 13.1. The summed E-state index contributed by atoms with van der Waals surface area (Å²) in [5.74, 6) is 1.16. The van der Waals surface area contributed by atoms with Crippen LogP contribution in [0.15, 0.2) is 0 Å². The minimum absolute atomic E-state index is 0.0579. The molecule has 1 aliphatic heterocycles. The highest BCUT2D eigenvalue weighted by Crippen LogP contribution is 2.33. The van der Waals surface area contributed by atoms with Gasteiger partial charge in [-0.15, -0.1) is 0 Å². The molecule has 0 radical (unpaired) electrons. The molecular formula is C14H30N2O2S. The molecule has 1 aliphatic rings. The number of thioether (sulfide) groups is 1. The molecule has 1 rings (SSSR count). The molecule has 1 atom stereocenters. The summed E-state index contributed by atoms with van der Waals surface area (Å²) in [5, 5.41) is 0. The molecule has 1 fully saturated rings. The predicted molar refractivity (Wildman–Crippen MR) is 82.6 cm³/mol. The fourth-order valence-corrected chi connectivity index (χ4v) is 3.62. The summed E-state index contributed by atoms with van der Waals surface area (Å²) >= 11 is 2.06. The van der Waals surface area contributed by atoms with Gasteiger partial charge < -0.3 is 15.2 Å². The molecule has 0 aromatic rings. The average molecular weight is 290 g/mol. The number of hydrogen-bond donors (Lipinski definition) is 1. The van der Waals surface area contributed by atoms with Crippen molar-refractivity contribution in [2.75, 3.05) is 39.6 Å². The second kappa shape index (κ2) is 7.27. The molecule has 19 heavy (non-hydrogen) atoms. The summed E-state index contributed by atoms with van der Waals surface area (Å²) in [5.41, 5.74) is 6.00. The molecular weight excluding hydrogens is 260 g/mol. The molecule has 0 amide bonds. The van der Waals surface area contributed by atoms with E-state index in [0.29, 0.717) is 11.3 Å². The Morgan fingerprint density at radius 1 is 1.32 bits per heavy atom. The summed E-state index contributed by atoms with van der Waals surface area (Å²) in [6.07, 6.45) is 1.82. The van der Waals surface area contributed by atoms with Crippen LogP contribution in [-0.2, 0) is 9.47 Å². The van der Waals surface area contributed by atoms with E-state index in [1.54, 1.807) is 14.2 Å². The number of nitrogens with zero attached hydrogens (tertiary/aromatic N) is 1. The Morgan fingerprint density at radius 3 is 2.47 bits per heavy atom. The van der Waals surface area contributed by atoms with Gasteiger partial charge in [-0.05, 0) is 13.3 Å². The number of hydrogen-bond acceptors (Lipinski definition) is 5. The average Bonchev–Trinajstić information content (AvgIpc) is 2.57. The van der Waals surface area contributed by atoms with Crippen LogP contribution in [0, 0.1) is 0 Å². The smallest absolute Gasteiger partial charge is 0.158 e. The molecule has 2 N–H and O–H groups in total. The number of nitrogens with two attached hydrogens (primary N) is 1. The van der Waals surface area contributed by atoms with Crippen molar-refractivity contribution >= 4 is 11.8 Å². The van der Waals surface area contributed by atoms with Crippen molar-refractivity contribution in [3.05, 3.63) is 0 Å². The summed E-state index contributed by atoms with van der Waals surface area (Å²) < 4.78 is 11.1. The molecule has 0 saturated carbocycles. The minimum Gasteiger partial charge on any atom is -0.356 e. The maximum absolute atomic E-state index is 6.05. The first-order valence-electron chi connectivity index (χ1n) is 7.01. The molecule has 114 valence electrons. The van der Waals surface area contributed by atoms with E-state index in [1.807, 2.05) is 0 Å². The highest BCUT2D eigenvalue weighted by Gasteiger charge is 2.36. The lowest BCUT2D eigenvalue weighted by molar-refractivity contribution is -0.128. The van der Waals surface area contributed by atoms with E-state index < -0.39 is 0 Å². The van der Waals surface area contributed by atoms with Crippen molar-refractivity contribution in [1.82, 2.24) is 4.90 Å². The third kappa shape index (κ3) is 4.90. The summed E-state index contributed by atoms with van der Waals surface area (Å²) in [4.78, 5) is 2.51. The summed E-state index contributed by atoms with van der Waals surface area (Å²) in [6, 6.07) is 0. The lowest BCUT2D eigenvalue weighted by atomic mass is 9.94. The first kappa shape index (κ1) is 17.2. The van der Waals surface area contributed by atoms with Gasteiger partial charge in [0.15, 0.2) is 6.29 Å². The van der Waals surface area contributed by atoms with Crippen LogP contribution in [0.25, 0.3) is 0 Å². The largest absolute Gasteiger partial charge is 0.356 e. The van der Waals surface area contributed by atoms with Gasteiger partial charge in [0.05, 0.1) is 0 Å². The highest BCUT2D eigenvalue weighted by atomic mass is 32.2. The van der Waals surface area contributed by atoms with Crippen LogP contribution in [0.3, 0.4) is 0 Å². The molecule has 1 heterocycles. The third-order valence-electron chi connectivity index (χ3n) is 4.17. The maximum Gasteiger partial charge on any atom is 0.158 e. The predicted octanol–water partition coefficient (Wildman–Crippen LogP) is 1.93. The molecule has 0 spiro atoms. The van der Waals surface area contributed by atoms with Crippen LogP contribution in [-0.4, -0.2) is 61.1 Å². The number of rotatable bonds is 6. The van der Waals surface area contributed by atoms with Crippen molar-refractivity contribution in [2.24, 2.45) is 5.73 Å². The minimum atomic E-state index is -0.183. The highest BCUT2D eigenvalue weighted by molar-refractivity contribution is 8.00. The zero-order chi connectivity index (χ0) is 14.5. The lowest BCUT2D eigenvalue weighted by Crippen LogP contribution is -2.54. The van der Waals surface area contributed by atoms with Crippen LogP contribution >= 0.6 is 11.8 Å². The van der Waals surface area contributed by atoms with E-state index in [-0.39, 0.29) is 11.8 Å². The van der Waals surface area contributed by atoms with E-state index in [1.165, 1.54) is 6.42 Å². The molecule has 1 unspecified atom stereocenters. The van der Waals surface area contributed by atoms with Gasteiger partial charge >= 0.3 is 0 Å². The summed E-state index contributed by atoms with van der Waals surface area (Å²) in [7, 11) is 3.37. The first-order valence-corrected chi connectivity index (χ1v) is 8.00. The molecule has 5 heteroatoms. The topological polar surface area (TPSA) is 47.7 Å². The van der Waals surface area contributed by atoms with E-state index in [2.05, 4.69) is 37.4 Å². The molecule has 4 nitrogen and oxygen atoms in total. The SMILES string of the molecule is COC(CC(C)(CN)N1CCSC(C)(C)CC1)OC. The van der Waals surface area contributed by atoms with Crippen LogP contribution in [0.4, 0.5) is 0 Å². The van der Waals surface area contributed by atoms with Gasteiger partial charge in [-0.25, -0.2) is 0 Å². The Bertz CT molecular complexity index is 272. The maximum atomic E-state index is 6.05. The monoisotopic (exact) mass is 290 g/mol. The first-order chi connectivity index (χ1) is 8.87. The Balaban J connectivity index is 2.71. The van der Waals surface area contributed by atoms with Crippen LogP contribution < -0.4 is 5.73 Å². The Kier molecular flexibility index (Phi) is 6.60. The molecule has 0 aliphatic carbocycles. The van der Waals surface area contributed by atoms with E-state index >= 15 is 0 Å². The lowest BCUT2D eigenvalue weighted by Gasteiger charge is -2.41. The van der Waals surface area contributed by atoms with E-state index in [0.717, 1.165) is 25.3 Å². The Morgan fingerprint density at radius 2 is 1.95 bits per heavy atom. The van der Waals surface area contributed by atoms with Gasteiger partial charge in [0, 0.05) is 56.3 Å². The van der Waals surface area contributed by atoms with Gasteiger partial charge in [-0.2, -0.15) is 11.8 Å². The molecule has 0 aromatic heterocycles. The Hall–Kier alpha value is 0.190. The van der Waals surface area contributed by atoms with Crippen molar-refractivity contribution in [2.45, 2.75) is 50.2 Å². The molecule has 1 saturated heterocycles. The van der Waals surface area contributed by atoms with Crippen LogP contribution in [0.1, 0.15) is 33.6 Å². The summed E-state index contributed by atoms with van der Waals surface area (Å²) in [6.45, 7) is 9.68. The molecule has 0 aromatic carbocycles. The second-order valence-corrected chi connectivity index (χ2v) is 7.95. The second-order valence-electron chi connectivity index (χ2n) is 6.15. The fourth-order valence-electron chi connectivity index (χ4n) is 2.52. The van der Waals surface area contributed by atoms with Crippen molar-refractivity contribution < 1.29 is 9.47 Å². The van der Waals surface area contributed by atoms with E-state index in [4.69, 9.17) is 15.2 Å². The van der Waals surface area contributed by atoms with Gasteiger partial charge in [0.1, 0.15) is 0 Å².